The molecule has 0 saturated heterocycles. The van der Waals surface area contributed by atoms with Gasteiger partial charge in [-0.15, -0.1) is 0 Å². The number of benzene rings is 2. The van der Waals surface area contributed by atoms with E-state index in [1.165, 1.54) is 12.1 Å². The fourth-order valence-corrected chi connectivity index (χ4v) is 2.84. The average molecular weight is 379 g/mol. The smallest absolute Gasteiger partial charge is 0.342 e. The number of rotatable bonds is 5. The Bertz CT molecular complexity index is 1030. The van der Waals surface area contributed by atoms with E-state index >= 15 is 0 Å². The number of carbonyl (C=O) groups excluding carboxylic acids is 2. The van der Waals surface area contributed by atoms with E-state index in [9.17, 15) is 14.7 Å². The van der Waals surface area contributed by atoms with Gasteiger partial charge in [-0.2, -0.15) is 5.10 Å². The third kappa shape index (κ3) is 4.03. The largest absolute Gasteiger partial charge is 0.507 e. The number of carbonyl (C=O) groups is 2. The molecular weight excluding hydrogens is 358 g/mol. The quantitative estimate of drug-likeness (QED) is 0.664. The summed E-state index contributed by atoms with van der Waals surface area (Å²) in [7, 11) is 0. The molecule has 2 aromatic carbocycles. The Balaban J connectivity index is 1.68. The summed E-state index contributed by atoms with van der Waals surface area (Å²) in [5, 5.41) is 17.0. The number of ether oxygens (including phenoxy) is 1. The first-order chi connectivity index (χ1) is 13.4. The van der Waals surface area contributed by atoms with E-state index in [1.807, 2.05) is 37.3 Å². The number of nitrogens with one attached hydrogen (secondary N) is 1. The van der Waals surface area contributed by atoms with E-state index in [1.54, 1.807) is 24.6 Å². The van der Waals surface area contributed by atoms with Crippen molar-refractivity contribution in [1.29, 1.82) is 0 Å². The van der Waals surface area contributed by atoms with Crippen molar-refractivity contribution in [2.24, 2.45) is 0 Å². The normalized spacial score (nSPS) is 10.5. The Hall–Kier alpha value is -3.61. The molecule has 1 aromatic heterocycles. The van der Waals surface area contributed by atoms with Crippen molar-refractivity contribution >= 4 is 17.6 Å². The van der Waals surface area contributed by atoms with Gasteiger partial charge in [-0.05, 0) is 45.0 Å². The van der Waals surface area contributed by atoms with Gasteiger partial charge >= 0.3 is 5.97 Å². The number of hydrogen-bond donors (Lipinski definition) is 2. The van der Waals surface area contributed by atoms with E-state index in [-0.39, 0.29) is 11.3 Å². The van der Waals surface area contributed by atoms with Gasteiger partial charge in [-0.25, -0.2) is 9.48 Å². The monoisotopic (exact) mass is 379 g/mol. The zero-order valence-corrected chi connectivity index (χ0v) is 15.9. The molecule has 1 heterocycles. The first-order valence-electron chi connectivity index (χ1n) is 8.75. The second-order valence-electron chi connectivity index (χ2n) is 6.44. The highest BCUT2D eigenvalue weighted by Crippen LogP contribution is 2.23. The molecule has 0 radical (unpaired) electrons. The Morgan fingerprint density at radius 2 is 1.82 bits per heavy atom. The number of amides is 1. The van der Waals surface area contributed by atoms with Crippen LogP contribution in [-0.4, -0.2) is 33.4 Å². The van der Waals surface area contributed by atoms with Gasteiger partial charge < -0.3 is 15.2 Å². The third-order valence-electron chi connectivity index (χ3n) is 4.26. The molecule has 3 rings (SSSR count). The molecule has 0 aliphatic heterocycles. The summed E-state index contributed by atoms with van der Waals surface area (Å²) < 4.78 is 6.77. The Kier molecular flexibility index (Phi) is 5.44. The van der Waals surface area contributed by atoms with E-state index in [0.29, 0.717) is 11.4 Å². The first kappa shape index (κ1) is 19.2. The first-order valence-corrected chi connectivity index (χ1v) is 8.75. The van der Waals surface area contributed by atoms with Crippen molar-refractivity contribution in [3.05, 3.63) is 71.0 Å². The number of nitrogens with zero attached hydrogens (tertiary/aromatic N) is 2. The molecular formula is C21H21N3O4. The Morgan fingerprint density at radius 3 is 2.54 bits per heavy atom. The second-order valence-corrected chi connectivity index (χ2v) is 6.44. The summed E-state index contributed by atoms with van der Waals surface area (Å²) in [5.41, 5.74) is 3.69. The summed E-state index contributed by atoms with van der Waals surface area (Å²) >= 11 is 0. The zero-order valence-electron chi connectivity index (χ0n) is 15.9. The maximum Gasteiger partial charge on any atom is 0.342 e. The molecule has 1 amide bonds. The van der Waals surface area contributed by atoms with Gasteiger partial charge in [0.2, 0.25) is 0 Å². The van der Waals surface area contributed by atoms with Gasteiger partial charge in [0, 0.05) is 0 Å². The van der Waals surface area contributed by atoms with Crippen molar-refractivity contribution in [3.8, 4) is 11.4 Å². The van der Waals surface area contributed by atoms with E-state index in [4.69, 9.17) is 4.74 Å². The fraction of sp³-hybridized carbons (Fsp3) is 0.190. The third-order valence-corrected chi connectivity index (χ3v) is 4.26. The molecule has 0 fully saturated rings. The molecule has 2 N–H and O–H groups in total. The van der Waals surface area contributed by atoms with Crippen molar-refractivity contribution in [1.82, 2.24) is 9.78 Å². The van der Waals surface area contributed by atoms with Gasteiger partial charge in [-0.3, -0.25) is 4.79 Å². The topological polar surface area (TPSA) is 93.4 Å². The van der Waals surface area contributed by atoms with Crippen LogP contribution in [0, 0.1) is 20.8 Å². The van der Waals surface area contributed by atoms with Crippen LogP contribution < -0.4 is 5.32 Å². The molecule has 0 saturated carbocycles. The van der Waals surface area contributed by atoms with Gasteiger partial charge in [0.25, 0.3) is 5.91 Å². The molecule has 0 aliphatic carbocycles. The highest BCUT2D eigenvalue weighted by atomic mass is 16.5. The van der Waals surface area contributed by atoms with E-state index in [2.05, 4.69) is 10.4 Å². The summed E-state index contributed by atoms with van der Waals surface area (Å²) in [6.07, 6.45) is 0. The van der Waals surface area contributed by atoms with Crippen LogP contribution in [0.25, 0.3) is 5.69 Å². The molecule has 28 heavy (non-hydrogen) atoms. The standard InChI is InChI=1S/C21H21N3O4/c1-13-9-10-18(25)17(11-13)21(27)28-12-19(26)22-20-14(2)23-24(15(20)3)16-7-5-4-6-8-16/h4-11,25H,12H2,1-3H3,(H,22,26). The lowest BCUT2D eigenvalue weighted by Gasteiger charge is -2.09. The number of esters is 1. The maximum absolute atomic E-state index is 12.3. The molecule has 7 heteroatoms. The van der Waals surface area contributed by atoms with Crippen LogP contribution >= 0.6 is 0 Å². The summed E-state index contributed by atoms with van der Waals surface area (Å²) in [5.74, 6) is -1.43. The summed E-state index contributed by atoms with van der Waals surface area (Å²) in [4.78, 5) is 24.4. The van der Waals surface area contributed by atoms with Crippen LogP contribution in [0.5, 0.6) is 5.75 Å². The molecule has 0 atom stereocenters. The number of phenolic OH excluding ortho intramolecular Hbond substituents is 1. The van der Waals surface area contributed by atoms with Crippen molar-refractivity contribution in [3.63, 3.8) is 0 Å². The number of anilines is 1. The predicted molar refractivity (Wildman–Crippen MR) is 105 cm³/mol. The van der Waals surface area contributed by atoms with Crippen LogP contribution in [0.2, 0.25) is 0 Å². The van der Waals surface area contributed by atoms with E-state index < -0.39 is 18.5 Å². The molecule has 7 nitrogen and oxygen atoms in total. The van der Waals surface area contributed by atoms with Crippen LogP contribution in [0.3, 0.4) is 0 Å². The lowest BCUT2D eigenvalue weighted by atomic mass is 10.1. The van der Waals surface area contributed by atoms with Crippen molar-refractivity contribution in [2.45, 2.75) is 20.8 Å². The van der Waals surface area contributed by atoms with Crippen molar-refractivity contribution in [2.75, 3.05) is 11.9 Å². The summed E-state index contributed by atoms with van der Waals surface area (Å²) in [6.45, 7) is 4.96. The molecule has 0 spiro atoms. The number of aromatic hydroxyl groups is 1. The fourth-order valence-electron chi connectivity index (χ4n) is 2.84. The Labute approximate surface area is 162 Å². The molecule has 3 aromatic rings. The molecule has 0 unspecified atom stereocenters. The SMILES string of the molecule is Cc1ccc(O)c(C(=O)OCC(=O)Nc2c(C)nn(-c3ccccc3)c2C)c1. The predicted octanol–water partition coefficient (Wildman–Crippen LogP) is 3.30. The number of para-hydroxylation sites is 1. The van der Waals surface area contributed by atoms with Gasteiger partial charge in [0.15, 0.2) is 6.61 Å². The van der Waals surface area contributed by atoms with Crippen LogP contribution in [0.4, 0.5) is 5.69 Å². The number of aromatic nitrogens is 2. The molecule has 0 bridgehead atoms. The zero-order chi connectivity index (χ0) is 20.3. The minimum absolute atomic E-state index is 0.0251. The minimum Gasteiger partial charge on any atom is -0.507 e. The number of hydrogen-bond acceptors (Lipinski definition) is 5. The van der Waals surface area contributed by atoms with E-state index in [0.717, 1.165) is 16.9 Å². The minimum atomic E-state index is -0.759. The van der Waals surface area contributed by atoms with Crippen LogP contribution in [0.15, 0.2) is 48.5 Å². The summed E-state index contributed by atoms with van der Waals surface area (Å²) in [6, 6.07) is 14.2. The molecule has 0 aliphatic rings. The number of phenols is 1. The van der Waals surface area contributed by atoms with Crippen LogP contribution in [0.1, 0.15) is 27.3 Å². The highest BCUT2D eigenvalue weighted by molar-refractivity contribution is 5.97. The maximum atomic E-state index is 12.3. The van der Waals surface area contributed by atoms with Gasteiger partial charge in [0.1, 0.15) is 11.3 Å². The Morgan fingerprint density at radius 1 is 1.11 bits per heavy atom. The van der Waals surface area contributed by atoms with Crippen LogP contribution in [-0.2, 0) is 9.53 Å². The number of aryl methyl sites for hydroxylation is 2. The molecule has 144 valence electrons. The lowest BCUT2D eigenvalue weighted by Crippen LogP contribution is -2.21. The van der Waals surface area contributed by atoms with Gasteiger partial charge in [0.05, 0.1) is 22.8 Å². The highest BCUT2D eigenvalue weighted by Gasteiger charge is 2.18. The lowest BCUT2D eigenvalue weighted by molar-refractivity contribution is -0.119. The second kappa shape index (κ2) is 7.96. The van der Waals surface area contributed by atoms with Crippen molar-refractivity contribution < 1.29 is 19.4 Å². The van der Waals surface area contributed by atoms with Gasteiger partial charge in [-0.1, -0.05) is 29.8 Å². The average Bonchev–Trinajstić information content (AvgIpc) is 2.97.